The second-order valence-electron chi connectivity index (χ2n) is 6.04. The minimum absolute atomic E-state index is 0.186. The van der Waals surface area contributed by atoms with Crippen molar-refractivity contribution in [2.75, 3.05) is 0 Å². The molecule has 2 aromatic carbocycles. The molecule has 1 atom stereocenters. The van der Waals surface area contributed by atoms with Gasteiger partial charge >= 0.3 is 0 Å². The molecule has 0 unspecified atom stereocenters. The summed E-state index contributed by atoms with van der Waals surface area (Å²) in [4.78, 5) is 0. The zero-order chi connectivity index (χ0) is 18.5. The number of ether oxygens (including phenoxy) is 1. The van der Waals surface area contributed by atoms with Crippen molar-refractivity contribution >= 4 is 23.4 Å². The first kappa shape index (κ1) is 18.8. The highest BCUT2D eigenvalue weighted by molar-refractivity contribution is 7.98. The van der Waals surface area contributed by atoms with Gasteiger partial charge in [0.25, 0.3) is 0 Å². The van der Waals surface area contributed by atoms with Gasteiger partial charge < -0.3 is 9.30 Å². The number of hydrogen-bond acceptors (Lipinski definition) is 4. The summed E-state index contributed by atoms with van der Waals surface area (Å²) in [6, 6.07) is 16.0. The quantitative estimate of drug-likeness (QED) is 0.504. The monoisotopic (exact) mass is 387 g/mol. The zero-order valence-corrected chi connectivity index (χ0v) is 16.7. The van der Waals surface area contributed by atoms with Crippen LogP contribution in [0.4, 0.5) is 0 Å². The fourth-order valence-electron chi connectivity index (χ4n) is 2.62. The molecular weight excluding hydrogens is 366 g/mol. The number of rotatable bonds is 7. The van der Waals surface area contributed by atoms with Crippen LogP contribution >= 0.6 is 23.4 Å². The van der Waals surface area contributed by atoms with E-state index in [4.69, 9.17) is 16.3 Å². The lowest BCUT2D eigenvalue weighted by molar-refractivity contribution is 0.211. The highest BCUT2D eigenvalue weighted by Gasteiger charge is 2.17. The Balaban J connectivity index is 1.66. The van der Waals surface area contributed by atoms with Crippen molar-refractivity contribution in [1.29, 1.82) is 0 Å². The van der Waals surface area contributed by atoms with Crippen LogP contribution in [0.2, 0.25) is 5.02 Å². The highest BCUT2D eigenvalue weighted by atomic mass is 35.5. The maximum absolute atomic E-state index is 6.22. The summed E-state index contributed by atoms with van der Waals surface area (Å²) >= 11 is 7.83. The van der Waals surface area contributed by atoms with E-state index in [0.717, 1.165) is 39.5 Å². The van der Waals surface area contributed by atoms with Crippen LogP contribution in [0.5, 0.6) is 5.75 Å². The first-order chi connectivity index (χ1) is 12.6. The Labute approximate surface area is 163 Å². The van der Waals surface area contributed by atoms with Crippen molar-refractivity contribution < 1.29 is 4.74 Å². The average Bonchev–Trinajstić information content (AvgIpc) is 3.02. The minimum Gasteiger partial charge on any atom is -0.483 e. The van der Waals surface area contributed by atoms with Crippen molar-refractivity contribution in [3.63, 3.8) is 0 Å². The van der Waals surface area contributed by atoms with Gasteiger partial charge in [-0.3, -0.25) is 0 Å². The predicted octanol–water partition coefficient (Wildman–Crippen LogP) is 5.46. The van der Waals surface area contributed by atoms with Crippen LogP contribution in [0, 0.1) is 0 Å². The number of aryl methyl sites for hydroxylation is 1. The Morgan fingerprint density at radius 3 is 2.54 bits per heavy atom. The lowest BCUT2D eigenvalue weighted by Crippen LogP contribution is -2.10. The van der Waals surface area contributed by atoms with Gasteiger partial charge in [-0.2, -0.15) is 0 Å². The molecule has 0 N–H and O–H groups in total. The molecular formula is C20H22ClN3OS. The van der Waals surface area contributed by atoms with E-state index >= 15 is 0 Å². The molecule has 0 aliphatic heterocycles. The van der Waals surface area contributed by atoms with Crippen LogP contribution in [0.1, 0.15) is 36.9 Å². The fraction of sp³-hybridized carbons (Fsp3) is 0.300. The maximum Gasteiger partial charge on any atom is 0.191 e. The Morgan fingerprint density at radius 1 is 1.12 bits per heavy atom. The van der Waals surface area contributed by atoms with E-state index in [2.05, 4.69) is 29.3 Å². The van der Waals surface area contributed by atoms with Crippen LogP contribution in [0.15, 0.2) is 53.7 Å². The summed E-state index contributed by atoms with van der Waals surface area (Å²) in [6.07, 6.45) is 0.833. The van der Waals surface area contributed by atoms with Gasteiger partial charge in [0.2, 0.25) is 0 Å². The van der Waals surface area contributed by atoms with Crippen molar-refractivity contribution in [3.05, 3.63) is 70.5 Å². The Morgan fingerprint density at radius 2 is 1.85 bits per heavy atom. The van der Waals surface area contributed by atoms with Gasteiger partial charge in [-0.05, 0) is 42.7 Å². The zero-order valence-electron chi connectivity index (χ0n) is 15.1. The third kappa shape index (κ3) is 4.40. The lowest BCUT2D eigenvalue weighted by Gasteiger charge is -2.14. The van der Waals surface area contributed by atoms with E-state index in [1.54, 1.807) is 11.8 Å². The molecule has 26 heavy (non-hydrogen) atoms. The number of aromatic nitrogens is 3. The second kappa shape index (κ2) is 8.60. The smallest absolute Gasteiger partial charge is 0.191 e. The lowest BCUT2D eigenvalue weighted by atomic mass is 10.2. The van der Waals surface area contributed by atoms with E-state index in [-0.39, 0.29) is 6.10 Å². The van der Waals surface area contributed by atoms with Crippen LogP contribution in [-0.4, -0.2) is 14.8 Å². The predicted molar refractivity (Wildman–Crippen MR) is 107 cm³/mol. The summed E-state index contributed by atoms with van der Waals surface area (Å²) in [5.74, 6) is 2.38. The van der Waals surface area contributed by atoms with Gasteiger partial charge in [0.15, 0.2) is 17.1 Å². The van der Waals surface area contributed by atoms with Gasteiger partial charge in [-0.25, -0.2) is 0 Å². The van der Waals surface area contributed by atoms with E-state index < -0.39 is 0 Å². The summed E-state index contributed by atoms with van der Waals surface area (Å²) < 4.78 is 8.00. The Hall–Kier alpha value is -1.98. The molecule has 0 fully saturated rings. The second-order valence-corrected chi connectivity index (χ2v) is 7.39. The summed E-state index contributed by atoms with van der Waals surface area (Å²) in [7, 11) is 1.96. The standard InChI is InChI=1S/C20H22ClN3OS/c1-4-15-9-11-17(12-10-15)25-14(2)19-22-23-20(24(19)3)26-13-16-7-5-6-8-18(16)21/h5-12,14H,4,13H2,1-3H3/t14-/m1/s1. The van der Waals surface area contributed by atoms with Crippen molar-refractivity contribution in [1.82, 2.24) is 14.8 Å². The van der Waals surface area contributed by atoms with E-state index in [1.165, 1.54) is 5.56 Å². The molecule has 6 heteroatoms. The fourth-order valence-corrected chi connectivity index (χ4v) is 3.83. The molecule has 3 rings (SSSR count). The van der Waals surface area contributed by atoms with Crippen LogP contribution in [0.3, 0.4) is 0 Å². The normalized spacial score (nSPS) is 12.2. The number of benzene rings is 2. The highest BCUT2D eigenvalue weighted by Crippen LogP contribution is 2.27. The molecule has 0 aliphatic rings. The molecule has 3 aromatic rings. The Bertz CT molecular complexity index is 864. The number of hydrogen-bond donors (Lipinski definition) is 0. The average molecular weight is 388 g/mol. The minimum atomic E-state index is -0.186. The first-order valence-corrected chi connectivity index (χ1v) is 9.96. The van der Waals surface area contributed by atoms with Gasteiger partial charge in [0, 0.05) is 17.8 Å². The molecule has 4 nitrogen and oxygen atoms in total. The van der Waals surface area contributed by atoms with Gasteiger partial charge in [-0.15, -0.1) is 10.2 Å². The third-order valence-electron chi connectivity index (χ3n) is 4.19. The largest absolute Gasteiger partial charge is 0.483 e. The molecule has 0 amide bonds. The van der Waals surface area contributed by atoms with Gasteiger partial charge in [-0.1, -0.05) is 60.6 Å². The number of halogens is 1. The molecule has 0 bridgehead atoms. The van der Waals surface area contributed by atoms with Crippen LogP contribution < -0.4 is 4.74 Å². The van der Waals surface area contributed by atoms with E-state index in [1.807, 2.05) is 54.9 Å². The molecule has 0 spiro atoms. The van der Waals surface area contributed by atoms with Crippen LogP contribution in [0.25, 0.3) is 0 Å². The van der Waals surface area contributed by atoms with Crippen molar-refractivity contribution in [2.45, 2.75) is 37.3 Å². The molecule has 1 heterocycles. The summed E-state index contributed by atoms with van der Waals surface area (Å²) in [5.41, 5.74) is 2.38. The van der Waals surface area contributed by atoms with Gasteiger partial charge in [0.05, 0.1) is 0 Å². The molecule has 0 aliphatic carbocycles. The topological polar surface area (TPSA) is 39.9 Å². The molecule has 1 aromatic heterocycles. The van der Waals surface area contributed by atoms with E-state index in [0.29, 0.717) is 0 Å². The Kier molecular flexibility index (Phi) is 6.22. The molecule has 0 saturated heterocycles. The third-order valence-corrected chi connectivity index (χ3v) is 5.63. The van der Waals surface area contributed by atoms with Crippen molar-refractivity contribution in [2.24, 2.45) is 7.05 Å². The number of thioether (sulfide) groups is 1. The summed E-state index contributed by atoms with van der Waals surface area (Å²) in [6.45, 7) is 4.13. The molecule has 0 radical (unpaired) electrons. The van der Waals surface area contributed by atoms with Gasteiger partial charge in [0.1, 0.15) is 5.75 Å². The molecule has 0 saturated carbocycles. The maximum atomic E-state index is 6.22. The first-order valence-electron chi connectivity index (χ1n) is 8.59. The number of nitrogens with zero attached hydrogens (tertiary/aromatic N) is 3. The summed E-state index contributed by atoms with van der Waals surface area (Å²) in [5, 5.41) is 10.2. The molecule has 136 valence electrons. The van der Waals surface area contributed by atoms with Crippen LogP contribution in [-0.2, 0) is 19.2 Å². The van der Waals surface area contributed by atoms with E-state index in [9.17, 15) is 0 Å². The van der Waals surface area contributed by atoms with Crippen molar-refractivity contribution in [3.8, 4) is 5.75 Å². The SMILES string of the molecule is CCc1ccc(O[C@H](C)c2nnc(SCc3ccccc3Cl)n2C)cc1.